The second-order valence-electron chi connectivity index (χ2n) is 6.15. The number of carbonyl (C=O) groups is 3. The number of rotatable bonds is 8. The van der Waals surface area contributed by atoms with Crippen molar-refractivity contribution in [1.82, 2.24) is 10.3 Å². The highest BCUT2D eigenvalue weighted by Gasteiger charge is 2.21. The lowest BCUT2D eigenvalue weighted by atomic mass is 10.1. The van der Waals surface area contributed by atoms with Gasteiger partial charge in [0.25, 0.3) is 0 Å². The second kappa shape index (κ2) is 9.54. The first-order valence-electron chi connectivity index (χ1n) is 8.59. The summed E-state index contributed by atoms with van der Waals surface area (Å²) in [6.45, 7) is 1.84. The van der Waals surface area contributed by atoms with E-state index in [4.69, 9.17) is 5.73 Å². The maximum atomic E-state index is 13.2. The summed E-state index contributed by atoms with van der Waals surface area (Å²) in [5.41, 5.74) is 5.48. The molecule has 0 aliphatic rings. The molecule has 1 heterocycles. The van der Waals surface area contributed by atoms with Crippen molar-refractivity contribution >= 4 is 23.5 Å². The summed E-state index contributed by atoms with van der Waals surface area (Å²) in [6.07, 6.45) is 1.92. The number of nitrogens with zero attached hydrogens (tertiary/aromatic N) is 1. The van der Waals surface area contributed by atoms with Crippen LogP contribution in [0.15, 0.2) is 36.5 Å². The fraction of sp³-hybridized carbons (Fsp3) is 0.263. The lowest BCUT2D eigenvalue weighted by Crippen LogP contribution is -2.44. The van der Waals surface area contributed by atoms with Gasteiger partial charge in [-0.3, -0.25) is 14.4 Å². The number of halogens is 2. The van der Waals surface area contributed by atoms with Crippen LogP contribution in [0.25, 0.3) is 0 Å². The Morgan fingerprint density at radius 3 is 2.36 bits per heavy atom. The van der Waals surface area contributed by atoms with Crippen LogP contribution in [0.4, 0.5) is 14.6 Å². The van der Waals surface area contributed by atoms with Crippen molar-refractivity contribution < 1.29 is 23.2 Å². The Bertz CT molecular complexity index is 852. The molecule has 1 aromatic heterocycles. The summed E-state index contributed by atoms with van der Waals surface area (Å²) >= 11 is 0. The Morgan fingerprint density at radius 2 is 1.82 bits per heavy atom. The molecule has 1 unspecified atom stereocenters. The van der Waals surface area contributed by atoms with Gasteiger partial charge in [0.1, 0.15) is 23.5 Å². The zero-order valence-corrected chi connectivity index (χ0v) is 15.2. The largest absolute Gasteiger partial charge is 0.366 e. The molecule has 1 aromatic carbocycles. The van der Waals surface area contributed by atoms with Crippen LogP contribution >= 0.6 is 0 Å². The second-order valence-corrected chi connectivity index (χ2v) is 6.15. The fourth-order valence-electron chi connectivity index (χ4n) is 2.53. The average molecular weight is 390 g/mol. The van der Waals surface area contributed by atoms with Gasteiger partial charge in [0.05, 0.1) is 12.0 Å². The monoisotopic (exact) mass is 390 g/mol. The molecule has 1 atom stereocenters. The van der Waals surface area contributed by atoms with Crippen LogP contribution in [-0.2, 0) is 16.0 Å². The van der Waals surface area contributed by atoms with E-state index < -0.39 is 35.4 Å². The van der Waals surface area contributed by atoms with Crippen LogP contribution in [0.1, 0.15) is 35.7 Å². The van der Waals surface area contributed by atoms with E-state index in [1.54, 1.807) is 0 Å². The highest BCUT2D eigenvalue weighted by molar-refractivity contribution is 5.97. The van der Waals surface area contributed by atoms with E-state index in [0.717, 1.165) is 12.1 Å². The molecule has 0 bridgehead atoms. The van der Waals surface area contributed by atoms with Crippen molar-refractivity contribution in [2.45, 2.75) is 32.2 Å². The summed E-state index contributed by atoms with van der Waals surface area (Å²) in [5, 5.41) is 5.10. The molecular formula is C19H20F2N4O3. The van der Waals surface area contributed by atoms with Gasteiger partial charge < -0.3 is 16.4 Å². The van der Waals surface area contributed by atoms with E-state index in [2.05, 4.69) is 15.6 Å². The van der Waals surface area contributed by atoms with Crippen molar-refractivity contribution in [1.29, 1.82) is 0 Å². The number of nitrogens with one attached hydrogen (secondary N) is 2. The molecule has 0 radical (unpaired) electrons. The van der Waals surface area contributed by atoms with Crippen molar-refractivity contribution in [3.05, 3.63) is 59.3 Å². The first kappa shape index (κ1) is 20.9. The van der Waals surface area contributed by atoms with Gasteiger partial charge in [-0.2, -0.15) is 0 Å². The van der Waals surface area contributed by atoms with Crippen molar-refractivity contribution in [2.75, 3.05) is 5.32 Å². The van der Waals surface area contributed by atoms with Crippen LogP contribution in [0, 0.1) is 11.6 Å². The van der Waals surface area contributed by atoms with E-state index in [1.807, 2.05) is 6.92 Å². The number of carbonyl (C=O) groups excluding carboxylic acids is 3. The van der Waals surface area contributed by atoms with Gasteiger partial charge in [-0.05, 0) is 36.2 Å². The molecule has 0 spiro atoms. The van der Waals surface area contributed by atoms with E-state index in [9.17, 15) is 23.2 Å². The van der Waals surface area contributed by atoms with Gasteiger partial charge in [-0.15, -0.1) is 0 Å². The Morgan fingerprint density at radius 1 is 1.14 bits per heavy atom. The molecule has 0 saturated heterocycles. The number of aromatic nitrogens is 1. The lowest BCUT2D eigenvalue weighted by Gasteiger charge is -2.17. The van der Waals surface area contributed by atoms with E-state index >= 15 is 0 Å². The summed E-state index contributed by atoms with van der Waals surface area (Å²) in [5.74, 6) is -3.06. The van der Waals surface area contributed by atoms with Crippen molar-refractivity contribution in [3.8, 4) is 0 Å². The van der Waals surface area contributed by atoms with Gasteiger partial charge in [0, 0.05) is 12.3 Å². The fourth-order valence-corrected chi connectivity index (χ4v) is 2.53. The van der Waals surface area contributed by atoms with Crippen molar-refractivity contribution in [3.63, 3.8) is 0 Å². The highest BCUT2D eigenvalue weighted by atomic mass is 19.1. The molecule has 0 aliphatic heterocycles. The minimum atomic E-state index is -0.853. The number of nitrogens with two attached hydrogens (primary N) is 1. The van der Waals surface area contributed by atoms with Gasteiger partial charge in [0.15, 0.2) is 0 Å². The molecule has 3 amide bonds. The zero-order chi connectivity index (χ0) is 20.7. The lowest BCUT2D eigenvalue weighted by molar-refractivity contribution is -0.126. The number of amides is 3. The molecule has 7 nitrogen and oxygen atoms in total. The number of hydrogen-bond donors (Lipinski definition) is 3. The topological polar surface area (TPSA) is 114 Å². The smallest absolute Gasteiger partial charge is 0.250 e. The normalized spacial score (nSPS) is 11.5. The molecule has 0 saturated carbocycles. The van der Waals surface area contributed by atoms with Crippen LogP contribution < -0.4 is 16.4 Å². The molecule has 4 N–H and O–H groups in total. The number of pyridine rings is 1. The molecule has 9 heteroatoms. The Labute approximate surface area is 160 Å². The summed E-state index contributed by atoms with van der Waals surface area (Å²) in [6, 6.07) is 4.80. The van der Waals surface area contributed by atoms with Crippen LogP contribution in [0.5, 0.6) is 0 Å². The third-order valence-corrected chi connectivity index (χ3v) is 3.82. The molecule has 148 valence electrons. The van der Waals surface area contributed by atoms with E-state index in [-0.39, 0.29) is 23.4 Å². The summed E-state index contributed by atoms with van der Waals surface area (Å²) in [7, 11) is 0. The third-order valence-electron chi connectivity index (χ3n) is 3.82. The maximum absolute atomic E-state index is 13.2. The molecular weight excluding hydrogens is 370 g/mol. The predicted molar refractivity (Wildman–Crippen MR) is 98.3 cm³/mol. The SMILES string of the molecule is CCCC(NC(=O)Cc1cc(F)cc(F)c1)C(=O)Nc1ccc(C(N)=O)cn1. The van der Waals surface area contributed by atoms with Gasteiger partial charge >= 0.3 is 0 Å². The standard InChI is InChI=1S/C19H20F2N4O3/c1-2-3-15(19(28)25-16-5-4-12(10-23-16)18(22)27)24-17(26)8-11-6-13(20)9-14(21)7-11/h4-7,9-10,15H,2-3,8H2,1H3,(H2,22,27)(H,24,26)(H,23,25,28). The van der Waals surface area contributed by atoms with Crippen LogP contribution in [-0.4, -0.2) is 28.7 Å². The Kier molecular flexibility index (Phi) is 7.14. The zero-order valence-electron chi connectivity index (χ0n) is 15.2. The van der Waals surface area contributed by atoms with Crippen LogP contribution in [0.2, 0.25) is 0 Å². The highest BCUT2D eigenvalue weighted by Crippen LogP contribution is 2.10. The molecule has 2 aromatic rings. The maximum Gasteiger partial charge on any atom is 0.250 e. The van der Waals surface area contributed by atoms with Crippen molar-refractivity contribution in [2.24, 2.45) is 5.73 Å². The molecule has 0 fully saturated rings. The number of benzene rings is 1. The minimum Gasteiger partial charge on any atom is -0.366 e. The summed E-state index contributed by atoms with van der Waals surface area (Å²) in [4.78, 5) is 39.6. The molecule has 0 aliphatic carbocycles. The Balaban J connectivity index is 2.01. The van der Waals surface area contributed by atoms with Crippen LogP contribution in [0.3, 0.4) is 0 Å². The van der Waals surface area contributed by atoms with E-state index in [1.165, 1.54) is 18.3 Å². The quantitative estimate of drug-likeness (QED) is 0.639. The van der Waals surface area contributed by atoms with E-state index in [0.29, 0.717) is 18.9 Å². The summed E-state index contributed by atoms with van der Waals surface area (Å²) < 4.78 is 26.5. The number of primary amides is 1. The molecule has 28 heavy (non-hydrogen) atoms. The molecule has 2 rings (SSSR count). The minimum absolute atomic E-state index is 0.161. The average Bonchev–Trinajstić information content (AvgIpc) is 2.60. The first-order valence-corrected chi connectivity index (χ1v) is 8.59. The predicted octanol–water partition coefficient (Wildman–Crippen LogP) is 1.92. The first-order chi connectivity index (χ1) is 13.3. The van der Waals surface area contributed by atoms with Gasteiger partial charge in [-0.25, -0.2) is 13.8 Å². The van der Waals surface area contributed by atoms with Gasteiger partial charge in [-0.1, -0.05) is 13.3 Å². The van der Waals surface area contributed by atoms with Gasteiger partial charge in [0.2, 0.25) is 17.7 Å². The Hall–Kier alpha value is -3.36. The number of anilines is 1. The number of hydrogen-bond acceptors (Lipinski definition) is 4. The third kappa shape index (κ3) is 6.11.